The van der Waals surface area contributed by atoms with Gasteiger partial charge in [0.05, 0.1) is 0 Å². The molecular weight excluding hydrogens is 329 g/mol. The molecule has 0 spiro atoms. The minimum Gasteiger partial charge on any atom is -0.490 e. The molecule has 2 heterocycles. The molecule has 2 aliphatic rings. The smallest absolute Gasteiger partial charge is 0.322 e. The monoisotopic (exact) mass is 349 g/mol. The Morgan fingerprint density at radius 1 is 1.20 bits per heavy atom. The molecule has 8 heteroatoms. The highest BCUT2D eigenvalue weighted by Gasteiger charge is 2.31. The highest BCUT2D eigenvalue weighted by molar-refractivity contribution is 6.04. The van der Waals surface area contributed by atoms with E-state index in [9.17, 15) is 18.8 Å². The summed E-state index contributed by atoms with van der Waals surface area (Å²) in [6.45, 7) is 1.15. The van der Waals surface area contributed by atoms with Gasteiger partial charge in [-0.25, -0.2) is 9.18 Å². The van der Waals surface area contributed by atoms with Gasteiger partial charge in [-0.05, 0) is 30.7 Å². The lowest BCUT2D eigenvalue weighted by atomic mass is 10.1. The lowest BCUT2D eigenvalue weighted by Gasteiger charge is -2.32. The van der Waals surface area contributed by atoms with Gasteiger partial charge in [0.25, 0.3) is 5.91 Å². The molecule has 2 N–H and O–H groups in total. The predicted octanol–water partition coefficient (Wildman–Crippen LogP) is 1.18. The van der Waals surface area contributed by atoms with Crippen molar-refractivity contribution in [3.8, 4) is 5.75 Å². The quantitative estimate of drug-likeness (QED) is 0.782. The Morgan fingerprint density at radius 2 is 1.88 bits per heavy atom. The van der Waals surface area contributed by atoms with Crippen molar-refractivity contribution in [1.29, 1.82) is 0 Å². The summed E-state index contributed by atoms with van der Waals surface area (Å²) in [5.41, 5.74) is 0. The molecule has 2 saturated heterocycles. The van der Waals surface area contributed by atoms with Crippen LogP contribution in [-0.2, 0) is 9.59 Å². The van der Waals surface area contributed by atoms with Crippen LogP contribution in [0, 0.1) is 5.82 Å². The van der Waals surface area contributed by atoms with Gasteiger partial charge in [-0.15, -0.1) is 0 Å². The largest absolute Gasteiger partial charge is 0.490 e. The number of piperidine rings is 1. The van der Waals surface area contributed by atoms with Crippen molar-refractivity contribution < 1.29 is 23.5 Å². The maximum Gasteiger partial charge on any atom is 0.322 e. The number of ether oxygens (including phenoxy) is 1. The number of benzene rings is 1. The molecular formula is C17H20FN3O4. The molecule has 0 bridgehead atoms. The fourth-order valence-corrected chi connectivity index (χ4v) is 3.02. The van der Waals surface area contributed by atoms with Crippen LogP contribution in [0.1, 0.15) is 25.7 Å². The first-order chi connectivity index (χ1) is 12.0. The molecule has 2 fully saturated rings. The number of nitrogens with one attached hydrogen (secondary N) is 2. The van der Waals surface area contributed by atoms with E-state index >= 15 is 0 Å². The van der Waals surface area contributed by atoms with Crippen LogP contribution in [0.25, 0.3) is 0 Å². The molecule has 7 nitrogen and oxygen atoms in total. The summed E-state index contributed by atoms with van der Waals surface area (Å²) in [6.07, 6.45) is 1.90. The fraction of sp³-hybridized carbons (Fsp3) is 0.471. The summed E-state index contributed by atoms with van der Waals surface area (Å²) >= 11 is 0. The summed E-state index contributed by atoms with van der Waals surface area (Å²) in [5.74, 6) is -0.104. The zero-order valence-corrected chi connectivity index (χ0v) is 13.7. The predicted molar refractivity (Wildman–Crippen MR) is 86.3 cm³/mol. The molecule has 1 aromatic rings. The molecule has 2 aliphatic heterocycles. The molecule has 1 aromatic carbocycles. The summed E-state index contributed by atoms with van der Waals surface area (Å²) in [7, 11) is 0. The number of nitrogens with zero attached hydrogens (tertiary/aromatic N) is 1. The van der Waals surface area contributed by atoms with Crippen molar-refractivity contribution in [2.75, 3.05) is 13.1 Å². The maximum absolute atomic E-state index is 12.9. The average Bonchev–Trinajstić information content (AvgIpc) is 2.93. The third-order valence-corrected chi connectivity index (χ3v) is 4.42. The van der Waals surface area contributed by atoms with Gasteiger partial charge in [0.15, 0.2) is 0 Å². The lowest BCUT2D eigenvalue weighted by molar-refractivity contribution is -0.133. The fourth-order valence-electron chi connectivity index (χ4n) is 3.02. The molecule has 0 aromatic heterocycles. The number of imide groups is 1. The minimum atomic E-state index is -0.629. The van der Waals surface area contributed by atoms with Gasteiger partial charge in [0.2, 0.25) is 5.91 Å². The van der Waals surface area contributed by atoms with Crippen LogP contribution in [0.2, 0.25) is 0 Å². The van der Waals surface area contributed by atoms with Crippen LogP contribution < -0.4 is 15.4 Å². The Hall–Kier alpha value is -2.64. The Morgan fingerprint density at radius 3 is 2.48 bits per heavy atom. The number of rotatable bonds is 5. The topological polar surface area (TPSA) is 87.7 Å². The second-order valence-corrected chi connectivity index (χ2v) is 6.21. The number of hydrogen-bond donors (Lipinski definition) is 2. The van der Waals surface area contributed by atoms with Crippen molar-refractivity contribution in [1.82, 2.24) is 15.5 Å². The number of amides is 4. The van der Waals surface area contributed by atoms with Crippen molar-refractivity contribution in [3.05, 3.63) is 30.1 Å². The Bertz CT molecular complexity index is 656. The van der Waals surface area contributed by atoms with Gasteiger partial charge in [0.1, 0.15) is 23.7 Å². The van der Waals surface area contributed by atoms with Crippen molar-refractivity contribution >= 4 is 17.8 Å². The normalized spacial score (nSPS) is 21.0. The lowest BCUT2D eigenvalue weighted by Crippen LogP contribution is -2.42. The van der Waals surface area contributed by atoms with Gasteiger partial charge >= 0.3 is 6.03 Å². The molecule has 4 amide bonds. The summed E-state index contributed by atoms with van der Waals surface area (Å²) in [4.78, 5) is 36.5. The van der Waals surface area contributed by atoms with E-state index in [1.807, 2.05) is 0 Å². The van der Waals surface area contributed by atoms with E-state index in [1.165, 1.54) is 12.1 Å². The standard InChI is InChI=1S/C17H20FN3O4/c18-11-1-3-12(4-2-11)25-13-7-9-21(10-8-13)15(22)6-5-14-16(23)20-17(24)19-14/h1-4,13-14H,5-10H2,(H2,19,20,23,24)/t14-/m1/s1. The van der Waals surface area contributed by atoms with E-state index in [-0.39, 0.29) is 30.2 Å². The first-order valence-electron chi connectivity index (χ1n) is 8.32. The Labute approximate surface area is 144 Å². The van der Waals surface area contributed by atoms with E-state index in [1.54, 1.807) is 17.0 Å². The first-order valence-corrected chi connectivity index (χ1v) is 8.32. The van der Waals surface area contributed by atoms with Crippen LogP contribution in [0.4, 0.5) is 9.18 Å². The average molecular weight is 349 g/mol. The van der Waals surface area contributed by atoms with Crippen molar-refractivity contribution in [3.63, 3.8) is 0 Å². The molecule has 1 atom stereocenters. The van der Waals surface area contributed by atoms with E-state index in [2.05, 4.69) is 10.6 Å². The van der Waals surface area contributed by atoms with Gasteiger partial charge < -0.3 is 15.0 Å². The highest BCUT2D eigenvalue weighted by atomic mass is 19.1. The van der Waals surface area contributed by atoms with Crippen LogP contribution >= 0.6 is 0 Å². The van der Waals surface area contributed by atoms with E-state index in [0.29, 0.717) is 38.1 Å². The SMILES string of the molecule is O=C1NC(=O)[C@@H](CCC(=O)N2CCC(Oc3ccc(F)cc3)CC2)N1. The number of carbonyl (C=O) groups excluding carboxylic acids is 3. The zero-order valence-electron chi connectivity index (χ0n) is 13.7. The molecule has 0 unspecified atom stereocenters. The minimum absolute atomic E-state index is 0.00518. The molecule has 0 saturated carbocycles. The van der Waals surface area contributed by atoms with Crippen LogP contribution in [0.5, 0.6) is 5.75 Å². The highest BCUT2D eigenvalue weighted by Crippen LogP contribution is 2.20. The second-order valence-electron chi connectivity index (χ2n) is 6.21. The van der Waals surface area contributed by atoms with Crippen molar-refractivity contribution in [2.45, 2.75) is 37.8 Å². The summed E-state index contributed by atoms with van der Waals surface area (Å²) in [5, 5.41) is 4.63. The molecule has 3 rings (SSSR count). The Balaban J connectivity index is 1.41. The van der Waals surface area contributed by atoms with Gasteiger partial charge in [0, 0.05) is 32.4 Å². The number of urea groups is 1. The maximum atomic E-state index is 12.9. The van der Waals surface area contributed by atoms with Gasteiger partial charge in [-0.2, -0.15) is 0 Å². The second kappa shape index (κ2) is 7.50. The van der Waals surface area contributed by atoms with Crippen molar-refractivity contribution in [2.24, 2.45) is 0 Å². The number of carbonyl (C=O) groups is 3. The third kappa shape index (κ3) is 4.46. The summed E-state index contributed by atoms with van der Waals surface area (Å²) < 4.78 is 18.7. The van der Waals surface area contributed by atoms with Crippen LogP contribution in [0.15, 0.2) is 24.3 Å². The zero-order chi connectivity index (χ0) is 17.8. The number of halogens is 1. The molecule has 25 heavy (non-hydrogen) atoms. The number of likely N-dealkylation sites (tertiary alicyclic amines) is 1. The van der Waals surface area contributed by atoms with Gasteiger partial charge in [-0.1, -0.05) is 0 Å². The number of hydrogen-bond acceptors (Lipinski definition) is 4. The summed E-state index contributed by atoms with van der Waals surface area (Å²) in [6, 6.07) is 4.75. The van der Waals surface area contributed by atoms with E-state index < -0.39 is 12.1 Å². The molecule has 0 aliphatic carbocycles. The van der Waals surface area contributed by atoms with Crippen LogP contribution in [0.3, 0.4) is 0 Å². The first kappa shape index (κ1) is 17.2. The van der Waals surface area contributed by atoms with E-state index in [0.717, 1.165) is 0 Å². The van der Waals surface area contributed by atoms with Crippen LogP contribution in [-0.4, -0.2) is 48.0 Å². The molecule has 134 valence electrons. The van der Waals surface area contributed by atoms with E-state index in [4.69, 9.17) is 4.74 Å². The molecule has 0 radical (unpaired) electrons. The Kier molecular flexibility index (Phi) is 5.16. The van der Waals surface area contributed by atoms with Gasteiger partial charge in [-0.3, -0.25) is 14.9 Å². The third-order valence-electron chi connectivity index (χ3n) is 4.42.